The summed E-state index contributed by atoms with van der Waals surface area (Å²) in [6.07, 6.45) is 3.41. The number of benzene rings is 1. The quantitative estimate of drug-likeness (QED) is 0.311. The number of nitrogens with one attached hydrogen (secondary N) is 2. The first-order valence-electron chi connectivity index (χ1n) is 9.93. The Morgan fingerprint density at radius 3 is 2.69 bits per heavy atom. The molecule has 1 unspecified atom stereocenters. The van der Waals surface area contributed by atoms with Crippen molar-refractivity contribution in [2.75, 3.05) is 40.3 Å². The van der Waals surface area contributed by atoms with E-state index in [-0.39, 0.29) is 30.0 Å². The van der Waals surface area contributed by atoms with Crippen molar-refractivity contribution in [1.82, 2.24) is 20.5 Å². The van der Waals surface area contributed by atoms with Crippen LogP contribution in [0.2, 0.25) is 0 Å². The summed E-state index contributed by atoms with van der Waals surface area (Å²) in [5.41, 5.74) is 2.36. The van der Waals surface area contributed by atoms with Crippen molar-refractivity contribution in [2.45, 2.75) is 32.2 Å². The molecule has 0 aliphatic carbocycles. The predicted octanol–water partition coefficient (Wildman–Crippen LogP) is 3.62. The number of para-hydroxylation sites is 1. The van der Waals surface area contributed by atoms with Crippen LogP contribution in [0.1, 0.15) is 35.1 Å². The third-order valence-corrected chi connectivity index (χ3v) is 5.93. The summed E-state index contributed by atoms with van der Waals surface area (Å²) in [6.45, 7) is 5.89. The fourth-order valence-electron chi connectivity index (χ4n) is 3.68. The first kappa shape index (κ1) is 23.9. The zero-order valence-electron chi connectivity index (χ0n) is 17.5. The van der Waals surface area contributed by atoms with Crippen molar-refractivity contribution in [2.24, 2.45) is 4.99 Å². The summed E-state index contributed by atoms with van der Waals surface area (Å²) in [6, 6.07) is 8.59. The van der Waals surface area contributed by atoms with Crippen molar-refractivity contribution >= 4 is 41.3 Å². The van der Waals surface area contributed by atoms with Crippen molar-refractivity contribution in [1.29, 1.82) is 0 Å². The Bertz CT molecular complexity index is 776. The molecule has 1 aliphatic heterocycles. The van der Waals surface area contributed by atoms with Gasteiger partial charge in [-0.3, -0.25) is 9.89 Å². The van der Waals surface area contributed by atoms with Gasteiger partial charge in [0.25, 0.3) is 0 Å². The number of aryl methyl sites for hydroxylation is 1. The normalized spacial score (nSPS) is 15.6. The second-order valence-corrected chi connectivity index (χ2v) is 8.05. The molecule has 29 heavy (non-hydrogen) atoms. The average Bonchev–Trinajstić information content (AvgIpc) is 3.39. The molecule has 2 heterocycles. The molecule has 8 heteroatoms. The molecule has 2 N–H and O–H groups in total. The number of aliphatic imine (C=N–C) groups is 1. The molecule has 0 saturated carbocycles. The Labute approximate surface area is 195 Å². The molecule has 1 saturated heterocycles. The van der Waals surface area contributed by atoms with Gasteiger partial charge in [-0.2, -0.15) is 0 Å². The number of rotatable bonds is 8. The molecule has 2 aromatic rings. The highest BCUT2D eigenvalue weighted by Gasteiger charge is 2.25. The number of halogens is 1. The van der Waals surface area contributed by atoms with E-state index >= 15 is 0 Å². The summed E-state index contributed by atoms with van der Waals surface area (Å²) >= 11 is 1.70. The van der Waals surface area contributed by atoms with E-state index < -0.39 is 0 Å². The Morgan fingerprint density at radius 2 is 2.03 bits per heavy atom. The van der Waals surface area contributed by atoms with Gasteiger partial charge in [0, 0.05) is 37.5 Å². The van der Waals surface area contributed by atoms with Crippen LogP contribution in [0.15, 0.2) is 34.6 Å². The van der Waals surface area contributed by atoms with Crippen molar-refractivity contribution in [3.05, 3.63) is 45.9 Å². The van der Waals surface area contributed by atoms with Crippen molar-refractivity contribution < 1.29 is 4.74 Å². The molecule has 0 amide bonds. The van der Waals surface area contributed by atoms with E-state index in [0.29, 0.717) is 0 Å². The van der Waals surface area contributed by atoms with Crippen LogP contribution in [0.5, 0.6) is 5.75 Å². The molecule has 1 aromatic heterocycles. The molecule has 1 aliphatic rings. The van der Waals surface area contributed by atoms with Gasteiger partial charge < -0.3 is 15.4 Å². The average molecular weight is 529 g/mol. The molecular weight excluding hydrogens is 497 g/mol. The molecule has 0 radical (unpaired) electrons. The number of ether oxygens (including phenoxy) is 1. The van der Waals surface area contributed by atoms with Crippen molar-refractivity contribution in [3.8, 4) is 5.75 Å². The van der Waals surface area contributed by atoms with E-state index in [1.165, 1.54) is 18.4 Å². The molecule has 1 aromatic carbocycles. The number of likely N-dealkylation sites (tertiary alicyclic amines) is 1. The maximum atomic E-state index is 5.63. The largest absolute Gasteiger partial charge is 0.496 e. The SMILES string of the molecule is CN=C(NCCc1csc(C)n1)NCC(c1ccccc1OC)N1CCCC1.I. The number of hydrogen-bond donors (Lipinski definition) is 2. The highest BCUT2D eigenvalue weighted by atomic mass is 127. The number of methoxy groups -OCH3 is 1. The van der Waals surface area contributed by atoms with E-state index in [1.54, 1.807) is 18.4 Å². The summed E-state index contributed by atoms with van der Waals surface area (Å²) < 4.78 is 5.63. The van der Waals surface area contributed by atoms with Gasteiger partial charge in [-0.15, -0.1) is 35.3 Å². The number of hydrogen-bond acceptors (Lipinski definition) is 5. The number of nitrogens with zero attached hydrogens (tertiary/aromatic N) is 3. The maximum Gasteiger partial charge on any atom is 0.191 e. The van der Waals surface area contributed by atoms with Gasteiger partial charge in [-0.05, 0) is 38.9 Å². The zero-order valence-corrected chi connectivity index (χ0v) is 20.6. The van der Waals surface area contributed by atoms with E-state index in [4.69, 9.17) is 4.74 Å². The fraction of sp³-hybridized carbons (Fsp3) is 0.524. The summed E-state index contributed by atoms with van der Waals surface area (Å²) in [4.78, 5) is 11.4. The fourth-order valence-corrected chi connectivity index (χ4v) is 4.32. The van der Waals surface area contributed by atoms with E-state index in [0.717, 1.165) is 55.0 Å². The van der Waals surface area contributed by atoms with Crippen LogP contribution in [0, 0.1) is 6.92 Å². The van der Waals surface area contributed by atoms with Gasteiger partial charge >= 0.3 is 0 Å². The third-order valence-electron chi connectivity index (χ3n) is 5.11. The van der Waals surface area contributed by atoms with Crippen molar-refractivity contribution in [3.63, 3.8) is 0 Å². The van der Waals surface area contributed by atoms with Crippen LogP contribution < -0.4 is 15.4 Å². The Balaban J connectivity index is 0.00000300. The van der Waals surface area contributed by atoms with Crippen LogP contribution in [0.4, 0.5) is 0 Å². The van der Waals surface area contributed by atoms with Crippen LogP contribution in [-0.2, 0) is 6.42 Å². The highest BCUT2D eigenvalue weighted by Crippen LogP contribution is 2.31. The van der Waals surface area contributed by atoms with Gasteiger partial charge in [0.2, 0.25) is 0 Å². The molecular formula is C21H32IN5OS. The minimum Gasteiger partial charge on any atom is -0.496 e. The lowest BCUT2D eigenvalue weighted by Crippen LogP contribution is -2.43. The second-order valence-electron chi connectivity index (χ2n) is 6.99. The molecule has 160 valence electrons. The highest BCUT2D eigenvalue weighted by molar-refractivity contribution is 14.0. The molecule has 0 spiro atoms. The topological polar surface area (TPSA) is 61.8 Å². The molecule has 6 nitrogen and oxygen atoms in total. The number of aromatic nitrogens is 1. The van der Waals surface area contributed by atoms with Gasteiger partial charge in [0.05, 0.1) is 23.9 Å². The van der Waals surface area contributed by atoms with Gasteiger partial charge in [0.15, 0.2) is 5.96 Å². The summed E-state index contributed by atoms with van der Waals surface area (Å²) in [5.74, 6) is 1.77. The lowest BCUT2D eigenvalue weighted by Gasteiger charge is -2.30. The smallest absolute Gasteiger partial charge is 0.191 e. The molecule has 0 bridgehead atoms. The Hall–Kier alpha value is -1.39. The number of thiazole rings is 1. The minimum absolute atomic E-state index is 0. The van der Waals surface area contributed by atoms with Crippen LogP contribution in [0.3, 0.4) is 0 Å². The minimum atomic E-state index is 0. The number of guanidine groups is 1. The van der Waals surface area contributed by atoms with Crippen LogP contribution in [-0.4, -0.2) is 56.2 Å². The maximum absolute atomic E-state index is 5.63. The standard InChI is InChI=1S/C21H31N5OS.HI/c1-16-25-17(15-28-16)10-11-23-21(22-2)24-14-19(26-12-6-7-13-26)18-8-4-5-9-20(18)27-3;/h4-5,8-9,15,19H,6-7,10-14H2,1-3H3,(H2,22,23,24);1H. The first-order chi connectivity index (χ1) is 13.7. The van der Waals surface area contributed by atoms with Crippen LogP contribution in [0.25, 0.3) is 0 Å². The summed E-state index contributed by atoms with van der Waals surface area (Å²) in [7, 11) is 3.56. The Kier molecular flexibility index (Phi) is 10.2. The zero-order chi connectivity index (χ0) is 19.8. The molecule has 1 atom stereocenters. The predicted molar refractivity (Wildman–Crippen MR) is 132 cm³/mol. The van der Waals surface area contributed by atoms with Gasteiger partial charge in [-0.1, -0.05) is 18.2 Å². The van der Waals surface area contributed by atoms with E-state index in [9.17, 15) is 0 Å². The first-order valence-corrected chi connectivity index (χ1v) is 10.8. The van der Waals surface area contributed by atoms with Gasteiger partial charge in [-0.25, -0.2) is 4.98 Å². The third kappa shape index (κ3) is 6.82. The van der Waals surface area contributed by atoms with Gasteiger partial charge in [0.1, 0.15) is 5.75 Å². The summed E-state index contributed by atoms with van der Waals surface area (Å²) in [5, 5.41) is 10.2. The Morgan fingerprint density at radius 1 is 1.28 bits per heavy atom. The molecule has 3 rings (SSSR count). The lowest BCUT2D eigenvalue weighted by molar-refractivity contribution is 0.239. The van der Waals surface area contributed by atoms with Crippen LogP contribution >= 0.6 is 35.3 Å². The molecule has 1 fully saturated rings. The monoisotopic (exact) mass is 529 g/mol. The van der Waals surface area contributed by atoms with E-state index in [2.05, 4.69) is 43.0 Å². The second kappa shape index (κ2) is 12.3. The van der Waals surface area contributed by atoms with E-state index in [1.807, 2.05) is 26.1 Å². The lowest BCUT2D eigenvalue weighted by atomic mass is 10.0.